The maximum Gasteiger partial charge on any atom is 0.229 e. The zero-order valence-corrected chi connectivity index (χ0v) is 20.5. The van der Waals surface area contributed by atoms with Crippen molar-refractivity contribution in [3.05, 3.63) is 60.7 Å². The molecular formula is C28H31N5O3. The first kappa shape index (κ1) is 23.8. The fourth-order valence-electron chi connectivity index (χ4n) is 4.84. The van der Waals surface area contributed by atoms with Gasteiger partial charge in [-0.3, -0.25) is 9.59 Å². The lowest BCUT2D eigenvalue weighted by Gasteiger charge is -2.20. The van der Waals surface area contributed by atoms with E-state index in [9.17, 15) is 9.59 Å². The number of nitrogens with zero attached hydrogens (tertiary/aromatic N) is 4. The number of carbonyl (C=O) groups excluding carboxylic acids is 2. The first-order chi connectivity index (χ1) is 17.6. The number of nitrogens with one attached hydrogen (secondary N) is 1. The SMILES string of the molecule is COc1ccc(N2CC(C(=O)Nc3cccc(-c4ccc(N5CCCCCC5)nn4)c3)CC2=O)cc1. The molecule has 1 atom stereocenters. The van der Waals surface area contributed by atoms with Crippen LogP contribution in [0.5, 0.6) is 5.75 Å². The molecule has 1 N–H and O–H groups in total. The van der Waals surface area contributed by atoms with Crippen LogP contribution in [0.15, 0.2) is 60.7 Å². The van der Waals surface area contributed by atoms with Crippen molar-refractivity contribution in [2.24, 2.45) is 5.92 Å². The third kappa shape index (κ3) is 5.32. The summed E-state index contributed by atoms with van der Waals surface area (Å²) in [7, 11) is 1.60. The molecule has 8 heteroatoms. The molecule has 0 radical (unpaired) electrons. The lowest BCUT2D eigenvalue weighted by molar-refractivity contribution is -0.122. The van der Waals surface area contributed by atoms with Gasteiger partial charge in [-0.25, -0.2) is 0 Å². The number of carbonyl (C=O) groups is 2. The zero-order chi connectivity index (χ0) is 24.9. The van der Waals surface area contributed by atoms with Crippen molar-refractivity contribution in [2.45, 2.75) is 32.1 Å². The fourth-order valence-corrected chi connectivity index (χ4v) is 4.84. The highest BCUT2D eigenvalue weighted by atomic mass is 16.5. The monoisotopic (exact) mass is 485 g/mol. The number of ether oxygens (including phenoxy) is 1. The van der Waals surface area contributed by atoms with Crippen LogP contribution in [0.2, 0.25) is 0 Å². The molecule has 2 amide bonds. The van der Waals surface area contributed by atoms with Gasteiger partial charge in [0.05, 0.1) is 18.7 Å². The predicted molar refractivity (Wildman–Crippen MR) is 140 cm³/mol. The second kappa shape index (κ2) is 10.8. The number of hydrogen-bond acceptors (Lipinski definition) is 6. The molecule has 5 rings (SSSR count). The molecule has 0 spiro atoms. The molecule has 8 nitrogen and oxygen atoms in total. The normalized spacial score (nSPS) is 18.1. The van der Waals surface area contributed by atoms with E-state index in [1.165, 1.54) is 25.7 Å². The van der Waals surface area contributed by atoms with Gasteiger partial charge >= 0.3 is 0 Å². The average molecular weight is 486 g/mol. The van der Waals surface area contributed by atoms with E-state index in [0.29, 0.717) is 12.2 Å². The van der Waals surface area contributed by atoms with Crippen molar-refractivity contribution in [1.82, 2.24) is 10.2 Å². The van der Waals surface area contributed by atoms with Crippen LogP contribution < -0.4 is 19.9 Å². The van der Waals surface area contributed by atoms with Gasteiger partial charge < -0.3 is 19.9 Å². The molecule has 2 aliphatic heterocycles. The van der Waals surface area contributed by atoms with Gasteiger partial charge in [0, 0.05) is 43.0 Å². The molecular weight excluding hydrogens is 454 g/mol. The van der Waals surface area contributed by atoms with Crippen LogP contribution in [0.4, 0.5) is 17.2 Å². The minimum absolute atomic E-state index is 0.0613. The molecule has 0 aliphatic carbocycles. The number of amides is 2. The van der Waals surface area contributed by atoms with Gasteiger partial charge in [0.2, 0.25) is 11.8 Å². The van der Waals surface area contributed by atoms with Crippen LogP contribution in [0.25, 0.3) is 11.3 Å². The maximum atomic E-state index is 13.0. The van der Waals surface area contributed by atoms with Crippen molar-refractivity contribution in [2.75, 3.05) is 41.9 Å². The predicted octanol–water partition coefficient (Wildman–Crippen LogP) is 4.52. The third-order valence-corrected chi connectivity index (χ3v) is 6.89. The van der Waals surface area contributed by atoms with Gasteiger partial charge in [-0.15, -0.1) is 10.2 Å². The van der Waals surface area contributed by atoms with Crippen LogP contribution in [0.3, 0.4) is 0 Å². The Hall–Kier alpha value is -3.94. The first-order valence-electron chi connectivity index (χ1n) is 12.5. The zero-order valence-electron chi connectivity index (χ0n) is 20.5. The van der Waals surface area contributed by atoms with Gasteiger partial charge in [0.1, 0.15) is 5.75 Å². The van der Waals surface area contributed by atoms with E-state index in [2.05, 4.69) is 20.4 Å². The van der Waals surface area contributed by atoms with Gasteiger partial charge in [0.25, 0.3) is 0 Å². The van der Waals surface area contributed by atoms with Crippen molar-refractivity contribution in [3.63, 3.8) is 0 Å². The molecule has 1 aromatic heterocycles. The Labute approximate surface area is 211 Å². The van der Waals surface area contributed by atoms with Crippen LogP contribution in [-0.2, 0) is 9.59 Å². The van der Waals surface area contributed by atoms with Crippen molar-refractivity contribution >= 4 is 29.0 Å². The van der Waals surface area contributed by atoms with E-state index in [1.54, 1.807) is 12.0 Å². The Bertz CT molecular complexity index is 1200. The van der Waals surface area contributed by atoms with E-state index in [-0.39, 0.29) is 18.2 Å². The number of aromatic nitrogens is 2. The highest BCUT2D eigenvalue weighted by Gasteiger charge is 2.35. The van der Waals surface area contributed by atoms with Crippen LogP contribution in [0, 0.1) is 5.92 Å². The second-order valence-corrected chi connectivity index (χ2v) is 9.35. The third-order valence-electron chi connectivity index (χ3n) is 6.89. The molecule has 2 fully saturated rings. The summed E-state index contributed by atoms with van der Waals surface area (Å²) in [6.07, 6.45) is 5.11. The summed E-state index contributed by atoms with van der Waals surface area (Å²) < 4.78 is 5.19. The maximum absolute atomic E-state index is 13.0. The number of rotatable bonds is 6. The Morgan fingerprint density at radius 1 is 0.972 bits per heavy atom. The molecule has 186 valence electrons. The second-order valence-electron chi connectivity index (χ2n) is 9.35. The Morgan fingerprint density at radius 3 is 2.44 bits per heavy atom. The lowest BCUT2D eigenvalue weighted by atomic mass is 10.1. The van der Waals surface area contributed by atoms with E-state index in [1.807, 2.05) is 60.7 Å². The molecule has 0 bridgehead atoms. The van der Waals surface area contributed by atoms with Crippen molar-refractivity contribution in [3.8, 4) is 17.0 Å². The summed E-state index contributed by atoms with van der Waals surface area (Å²) in [4.78, 5) is 29.5. The van der Waals surface area contributed by atoms with E-state index in [4.69, 9.17) is 4.74 Å². The van der Waals surface area contributed by atoms with Crippen LogP contribution >= 0.6 is 0 Å². The highest BCUT2D eigenvalue weighted by Crippen LogP contribution is 2.28. The molecule has 2 saturated heterocycles. The molecule has 2 aromatic carbocycles. The van der Waals surface area contributed by atoms with Gasteiger partial charge in [-0.05, 0) is 61.4 Å². The van der Waals surface area contributed by atoms with E-state index in [0.717, 1.165) is 41.6 Å². The summed E-state index contributed by atoms with van der Waals surface area (Å²) >= 11 is 0. The van der Waals surface area contributed by atoms with Gasteiger partial charge in [-0.1, -0.05) is 25.0 Å². The quantitative estimate of drug-likeness (QED) is 0.552. The standard InChI is InChI=1S/C28H31N5O3/c1-36-24-11-9-23(10-12-24)33-19-21(18-27(33)34)28(35)29-22-8-6-7-20(17-22)25-13-14-26(31-30-25)32-15-4-2-3-5-16-32/h6-14,17,21H,2-5,15-16,18-19H2,1H3,(H,29,35). The summed E-state index contributed by atoms with van der Waals surface area (Å²) in [6.45, 7) is 2.39. The van der Waals surface area contributed by atoms with Crippen molar-refractivity contribution < 1.29 is 14.3 Å². The topological polar surface area (TPSA) is 87.7 Å². The Morgan fingerprint density at radius 2 is 1.75 bits per heavy atom. The fraction of sp³-hybridized carbons (Fsp3) is 0.357. The van der Waals surface area contributed by atoms with Crippen LogP contribution in [0.1, 0.15) is 32.1 Å². The largest absolute Gasteiger partial charge is 0.497 e. The minimum atomic E-state index is -0.420. The molecule has 3 aromatic rings. The highest BCUT2D eigenvalue weighted by molar-refractivity contribution is 6.03. The molecule has 1 unspecified atom stereocenters. The summed E-state index contributed by atoms with van der Waals surface area (Å²) in [5, 5.41) is 11.9. The molecule has 2 aliphatic rings. The number of benzene rings is 2. The molecule has 3 heterocycles. The molecule has 0 saturated carbocycles. The van der Waals surface area contributed by atoms with Gasteiger partial charge in [-0.2, -0.15) is 0 Å². The summed E-state index contributed by atoms with van der Waals surface area (Å²) in [6, 6.07) is 18.9. The Balaban J connectivity index is 1.23. The van der Waals surface area contributed by atoms with Gasteiger partial charge in [0.15, 0.2) is 5.82 Å². The number of methoxy groups -OCH3 is 1. The number of hydrogen-bond donors (Lipinski definition) is 1. The van der Waals surface area contributed by atoms with E-state index >= 15 is 0 Å². The van der Waals surface area contributed by atoms with Crippen LogP contribution in [-0.4, -0.2) is 48.8 Å². The Kier molecular flexibility index (Phi) is 7.11. The first-order valence-corrected chi connectivity index (χ1v) is 12.5. The number of anilines is 3. The van der Waals surface area contributed by atoms with E-state index < -0.39 is 5.92 Å². The summed E-state index contributed by atoms with van der Waals surface area (Å²) in [5.74, 6) is 0.988. The smallest absolute Gasteiger partial charge is 0.229 e. The summed E-state index contributed by atoms with van der Waals surface area (Å²) in [5.41, 5.74) is 3.07. The average Bonchev–Trinajstić information content (AvgIpc) is 3.11. The lowest BCUT2D eigenvalue weighted by Crippen LogP contribution is -2.28. The van der Waals surface area contributed by atoms with Crippen molar-refractivity contribution in [1.29, 1.82) is 0 Å². The minimum Gasteiger partial charge on any atom is -0.497 e. The molecule has 36 heavy (non-hydrogen) atoms.